The molecule has 5 heteroatoms. The molecule has 0 atom stereocenters. The summed E-state index contributed by atoms with van der Waals surface area (Å²) in [6.07, 6.45) is 0. The molecule has 5 nitrogen and oxygen atoms in total. The quantitative estimate of drug-likeness (QED) is 0.180. The number of hydrogen-bond donors (Lipinski definition) is 0. The zero-order valence-corrected chi connectivity index (χ0v) is 26.6. The molecule has 0 amide bonds. The van der Waals surface area contributed by atoms with Gasteiger partial charge in [0.05, 0.1) is 0 Å². The van der Waals surface area contributed by atoms with Crippen molar-refractivity contribution >= 4 is 76.2 Å². The van der Waals surface area contributed by atoms with Gasteiger partial charge in [-0.25, -0.2) is 15.0 Å². The van der Waals surface area contributed by atoms with Gasteiger partial charge in [0.15, 0.2) is 17.5 Å². The first-order chi connectivity index (χ1) is 24.8. The van der Waals surface area contributed by atoms with Gasteiger partial charge in [-0.3, -0.25) is 0 Å². The SMILES string of the molecule is c1ccc2c(c1)oc1cc(-c3nc(-c4ccc5c6ccccc6c6ccccc6c5c4)nc(-c4cccc5oc6ccccc6c45)n3)ccc12. The first-order valence-electron chi connectivity index (χ1n) is 16.7. The van der Waals surface area contributed by atoms with Crippen molar-refractivity contribution in [2.45, 2.75) is 0 Å². The summed E-state index contributed by atoms with van der Waals surface area (Å²) in [6.45, 7) is 0. The largest absolute Gasteiger partial charge is 0.456 e. The molecule has 0 saturated carbocycles. The van der Waals surface area contributed by atoms with Crippen LogP contribution < -0.4 is 0 Å². The number of nitrogens with zero attached hydrogens (tertiary/aromatic N) is 3. The topological polar surface area (TPSA) is 65.0 Å². The predicted octanol–water partition coefficient (Wildman–Crippen LogP) is 12.1. The second-order valence-corrected chi connectivity index (χ2v) is 12.7. The molecule has 232 valence electrons. The Hall–Kier alpha value is -6.85. The molecule has 0 N–H and O–H groups in total. The molecule has 0 saturated heterocycles. The highest BCUT2D eigenvalue weighted by Crippen LogP contribution is 2.39. The third-order valence-corrected chi connectivity index (χ3v) is 9.92. The van der Waals surface area contributed by atoms with Crippen molar-refractivity contribution in [3.63, 3.8) is 0 Å². The standard InChI is InChI=1S/C45H25N3O2/c1-2-12-30-28(10-1)29-11-3-4-13-31(29)37-24-26(20-22-32(30)37)43-46-44(27-21-23-34-33-14-5-7-17-38(33)50-41(34)25-27)48-45(47-43)36-16-9-19-40-42(36)35-15-6-8-18-39(35)49-40/h1-25H. The predicted molar refractivity (Wildman–Crippen MR) is 203 cm³/mol. The molecular formula is C45H25N3O2. The molecular weight excluding hydrogens is 615 g/mol. The van der Waals surface area contributed by atoms with Gasteiger partial charge in [0.1, 0.15) is 22.3 Å². The number of furan rings is 2. The molecule has 11 rings (SSSR count). The highest BCUT2D eigenvalue weighted by atomic mass is 16.3. The zero-order chi connectivity index (χ0) is 32.8. The van der Waals surface area contributed by atoms with Crippen LogP contribution in [0.1, 0.15) is 0 Å². The van der Waals surface area contributed by atoms with Crippen LogP contribution in [0.25, 0.3) is 110 Å². The Balaban J connectivity index is 1.19. The monoisotopic (exact) mass is 639 g/mol. The lowest BCUT2D eigenvalue weighted by molar-refractivity contribution is 0.668. The van der Waals surface area contributed by atoms with Crippen LogP contribution in [0.5, 0.6) is 0 Å². The number of hydrogen-bond acceptors (Lipinski definition) is 5. The maximum absolute atomic E-state index is 6.28. The van der Waals surface area contributed by atoms with E-state index in [0.717, 1.165) is 66.0 Å². The lowest BCUT2D eigenvalue weighted by Crippen LogP contribution is -2.00. The molecule has 0 unspecified atom stereocenters. The number of rotatable bonds is 3. The van der Waals surface area contributed by atoms with E-state index >= 15 is 0 Å². The summed E-state index contributed by atoms with van der Waals surface area (Å²) in [5.74, 6) is 1.74. The van der Waals surface area contributed by atoms with E-state index in [1.807, 2.05) is 54.6 Å². The Morgan fingerprint density at radius 1 is 0.300 bits per heavy atom. The first-order valence-corrected chi connectivity index (χ1v) is 16.7. The van der Waals surface area contributed by atoms with Gasteiger partial charge in [-0.15, -0.1) is 0 Å². The molecule has 0 radical (unpaired) electrons. The van der Waals surface area contributed by atoms with Crippen molar-refractivity contribution in [2.24, 2.45) is 0 Å². The smallest absolute Gasteiger partial charge is 0.164 e. The summed E-state index contributed by atoms with van der Waals surface area (Å²) < 4.78 is 12.5. The Labute approximate surface area is 285 Å². The van der Waals surface area contributed by atoms with E-state index in [1.165, 1.54) is 26.9 Å². The minimum atomic E-state index is 0.570. The average molecular weight is 640 g/mol. The van der Waals surface area contributed by atoms with E-state index in [0.29, 0.717) is 17.5 Å². The van der Waals surface area contributed by atoms with Crippen molar-refractivity contribution in [3.05, 3.63) is 152 Å². The molecule has 3 aromatic heterocycles. The maximum Gasteiger partial charge on any atom is 0.164 e. The van der Waals surface area contributed by atoms with Crippen LogP contribution in [0, 0.1) is 0 Å². The molecule has 11 aromatic rings. The van der Waals surface area contributed by atoms with Crippen molar-refractivity contribution in [1.29, 1.82) is 0 Å². The highest BCUT2D eigenvalue weighted by molar-refractivity contribution is 6.25. The lowest BCUT2D eigenvalue weighted by Gasteiger charge is -2.13. The van der Waals surface area contributed by atoms with Crippen LogP contribution in [-0.4, -0.2) is 15.0 Å². The second-order valence-electron chi connectivity index (χ2n) is 12.7. The molecule has 0 aliphatic rings. The molecule has 50 heavy (non-hydrogen) atoms. The number of para-hydroxylation sites is 2. The maximum atomic E-state index is 6.28. The molecule has 8 aromatic carbocycles. The van der Waals surface area contributed by atoms with Gasteiger partial charge >= 0.3 is 0 Å². The van der Waals surface area contributed by atoms with Gasteiger partial charge in [-0.2, -0.15) is 0 Å². The van der Waals surface area contributed by atoms with Gasteiger partial charge in [-0.05, 0) is 68.7 Å². The number of aromatic nitrogens is 3. The second kappa shape index (κ2) is 10.3. The lowest BCUT2D eigenvalue weighted by atomic mass is 9.93. The van der Waals surface area contributed by atoms with Crippen molar-refractivity contribution < 1.29 is 8.83 Å². The summed E-state index contributed by atoms with van der Waals surface area (Å²) in [6, 6.07) is 52.2. The third kappa shape index (κ3) is 3.98. The van der Waals surface area contributed by atoms with Gasteiger partial charge in [0.2, 0.25) is 0 Å². The first kappa shape index (κ1) is 27.1. The van der Waals surface area contributed by atoms with E-state index in [1.54, 1.807) is 0 Å². The number of fused-ring (bicyclic) bond motifs is 12. The Morgan fingerprint density at radius 2 is 0.760 bits per heavy atom. The zero-order valence-electron chi connectivity index (χ0n) is 26.6. The van der Waals surface area contributed by atoms with Crippen LogP contribution in [0.3, 0.4) is 0 Å². The van der Waals surface area contributed by atoms with Crippen LogP contribution in [0.2, 0.25) is 0 Å². The third-order valence-electron chi connectivity index (χ3n) is 9.92. The van der Waals surface area contributed by atoms with Crippen molar-refractivity contribution in [1.82, 2.24) is 15.0 Å². The molecule has 3 heterocycles. The van der Waals surface area contributed by atoms with Crippen LogP contribution in [0.15, 0.2) is 160 Å². The molecule has 0 aliphatic heterocycles. The number of benzene rings is 8. The Morgan fingerprint density at radius 3 is 1.46 bits per heavy atom. The van der Waals surface area contributed by atoms with E-state index in [9.17, 15) is 0 Å². The summed E-state index contributed by atoms with van der Waals surface area (Å²) in [4.78, 5) is 15.5. The molecule has 0 aliphatic carbocycles. The van der Waals surface area contributed by atoms with E-state index in [4.69, 9.17) is 23.8 Å². The minimum Gasteiger partial charge on any atom is -0.456 e. The van der Waals surface area contributed by atoms with E-state index in [2.05, 4.69) is 97.1 Å². The van der Waals surface area contributed by atoms with Crippen molar-refractivity contribution in [3.8, 4) is 34.2 Å². The van der Waals surface area contributed by atoms with Crippen molar-refractivity contribution in [2.75, 3.05) is 0 Å². The van der Waals surface area contributed by atoms with Gasteiger partial charge in [-0.1, -0.05) is 115 Å². The Kier molecular flexibility index (Phi) is 5.60. The summed E-state index contributed by atoms with van der Waals surface area (Å²) in [7, 11) is 0. The minimum absolute atomic E-state index is 0.570. The van der Waals surface area contributed by atoms with Crippen LogP contribution in [-0.2, 0) is 0 Å². The fourth-order valence-corrected chi connectivity index (χ4v) is 7.63. The summed E-state index contributed by atoms with van der Waals surface area (Å²) >= 11 is 0. The molecule has 0 bridgehead atoms. The highest BCUT2D eigenvalue weighted by Gasteiger charge is 2.19. The van der Waals surface area contributed by atoms with Gasteiger partial charge < -0.3 is 8.83 Å². The van der Waals surface area contributed by atoms with Crippen LogP contribution in [0.4, 0.5) is 0 Å². The average Bonchev–Trinajstić information content (AvgIpc) is 3.76. The summed E-state index contributed by atoms with van der Waals surface area (Å²) in [5.41, 5.74) is 5.91. The summed E-state index contributed by atoms with van der Waals surface area (Å²) in [5, 5.41) is 11.4. The van der Waals surface area contributed by atoms with Gasteiger partial charge in [0.25, 0.3) is 0 Å². The van der Waals surface area contributed by atoms with E-state index in [-0.39, 0.29) is 0 Å². The van der Waals surface area contributed by atoms with Crippen LogP contribution >= 0.6 is 0 Å². The fourth-order valence-electron chi connectivity index (χ4n) is 7.63. The van der Waals surface area contributed by atoms with Gasteiger partial charge in [0, 0.05) is 38.2 Å². The molecule has 0 fully saturated rings. The van der Waals surface area contributed by atoms with E-state index < -0.39 is 0 Å². The normalized spacial score (nSPS) is 12.0. The Bertz CT molecular complexity index is 3140. The fraction of sp³-hybridized carbons (Fsp3) is 0. The molecule has 0 spiro atoms.